The number of carbonyl (C=O) groups is 1. The molecule has 1 unspecified atom stereocenters. The lowest BCUT2D eigenvalue weighted by atomic mass is 10.2. The predicted molar refractivity (Wildman–Crippen MR) is 70.0 cm³/mol. The van der Waals surface area contributed by atoms with Crippen LogP contribution >= 0.6 is 0 Å². The zero-order chi connectivity index (χ0) is 13.7. The molecule has 0 bridgehead atoms. The maximum absolute atomic E-state index is 11.8. The van der Waals surface area contributed by atoms with E-state index < -0.39 is 0 Å². The van der Waals surface area contributed by atoms with Gasteiger partial charge < -0.3 is 10.2 Å². The number of amides is 1. The first-order valence-electron chi connectivity index (χ1n) is 6.24. The highest BCUT2D eigenvalue weighted by Gasteiger charge is 2.18. The number of likely N-dealkylation sites (N-methyl/N-ethyl adjacent to an activating group) is 1. The highest BCUT2D eigenvalue weighted by atomic mass is 16.2. The fourth-order valence-electron chi connectivity index (χ4n) is 1.56. The second-order valence-corrected chi connectivity index (χ2v) is 5.12. The van der Waals surface area contributed by atoms with Gasteiger partial charge in [-0.15, -0.1) is 5.10 Å². The molecule has 1 aromatic heterocycles. The molecule has 0 saturated heterocycles. The van der Waals surface area contributed by atoms with Gasteiger partial charge in [-0.2, -0.15) is 0 Å². The van der Waals surface area contributed by atoms with Crippen LogP contribution < -0.4 is 5.32 Å². The third kappa shape index (κ3) is 4.10. The summed E-state index contributed by atoms with van der Waals surface area (Å²) in [6, 6.07) is -0.314. The van der Waals surface area contributed by atoms with Crippen LogP contribution in [0.15, 0.2) is 6.20 Å². The summed E-state index contributed by atoms with van der Waals surface area (Å²) < 4.78 is 1.61. The number of nitrogens with zero attached hydrogens (tertiary/aromatic N) is 4. The average Bonchev–Trinajstić information content (AvgIpc) is 2.75. The molecule has 1 amide bonds. The van der Waals surface area contributed by atoms with E-state index in [4.69, 9.17) is 0 Å². The molecule has 1 heterocycles. The Morgan fingerprint density at radius 2 is 2.11 bits per heavy atom. The van der Waals surface area contributed by atoms with E-state index in [0.717, 1.165) is 12.2 Å². The Balaban J connectivity index is 2.55. The summed E-state index contributed by atoms with van der Waals surface area (Å²) in [6.07, 6.45) is 1.82. The van der Waals surface area contributed by atoms with Gasteiger partial charge in [0, 0.05) is 20.6 Å². The predicted octanol–water partition coefficient (Wildman–Crippen LogP) is 0.673. The number of carbonyl (C=O) groups excluding carboxylic acids is 1. The molecule has 0 radical (unpaired) electrons. The van der Waals surface area contributed by atoms with E-state index in [1.54, 1.807) is 23.7 Å². The Morgan fingerprint density at radius 1 is 1.44 bits per heavy atom. The Hall–Kier alpha value is -1.43. The first-order chi connectivity index (χ1) is 8.41. The summed E-state index contributed by atoms with van der Waals surface area (Å²) in [5, 5.41) is 11.3. The molecule has 0 aliphatic carbocycles. The molecule has 0 fully saturated rings. The van der Waals surface area contributed by atoms with Gasteiger partial charge in [-0.05, 0) is 19.4 Å². The first-order valence-corrected chi connectivity index (χ1v) is 6.24. The highest BCUT2D eigenvalue weighted by Crippen LogP contribution is 2.07. The van der Waals surface area contributed by atoms with Crippen molar-refractivity contribution < 1.29 is 4.79 Å². The van der Waals surface area contributed by atoms with Crippen LogP contribution in [0.1, 0.15) is 32.5 Å². The normalized spacial score (nSPS) is 12.8. The summed E-state index contributed by atoms with van der Waals surface area (Å²) >= 11 is 0. The van der Waals surface area contributed by atoms with E-state index in [-0.39, 0.29) is 11.9 Å². The van der Waals surface area contributed by atoms with Crippen molar-refractivity contribution in [3.63, 3.8) is 0 Å². The maximum atomic E-state index is 11.8. The lowest BCUT2D eigenvalue weighted by Crippen LogP contribution is -2.30. The molecule has 1 atom stereocenters. The summed E-state index contributed by atoms with van der Waals surface area (Å²) in [5.74, 6) is 0.621. The van der Waals surface area contributed by atoms with Crippen molar-refractivity contribution in [2.75, 3.05) is 20.6 Å². The van der Waals surface area contributed by atoms with E-state index in [2.05, 4.69) is 29.5 Å². The van der Waals surface area contributed by atoms with Crippen molar-refractivity contribution in [2.45, 2.75) is 33.4 Å². The van der Waals surface area contributed by atoms with Crippen LogP contribution in [0.2, 0.25) is 0 Å². The van der Waals surface area contributed by atoms with Gasteiger partial charge in [0.25, 0.3) is 0 Å². The second-order valence-electron chi connectivity index (χ2n) is 5.12. The van der Waals surface area contributed by atoms with Crippen LogP contribution in [0.25, 0.3) is 0 Å². The Bertz CT molecular complexity index is 386. The molecule has 102 valence electrons. The molecule has 0 aromatic carbocycles. The minimum Gasteiger partial charge on any atom is -0.347 e. The standard InChI is InChI=1S/C12H23N5O/c1-9(2)6-13-7-11-8-17(15-14-11)10(3)12(18)16(4)5/h8-10,13H,6-7H2,1-5H3. The Kier molecular flexibility index (Phi) is 5.27. The van der Waals surface area contributed by atoms with Crippen LogP contribution in [0.4, 0.5) is 0 Å². The largest absolute Gasteiger partial charge is 0.347 e. The maximum Gasteiger partial charge on any atom is 0.246 e. The van der Waals surface area contributed by atoms with Crippen LogP contribution in [-0.2, 0) is 11.3 Å². The molecule has 6 heteroatoms. The number of rotatable bonds is 6. The number of nitrogens with one attached hydrogen (secondary N) is 1. The van der Waals surface area contributed by atoms with Gasteiger partial charge in [0.15, 0.2) is 0 Å². The summed E-state index contributed by atoms with van der Waals surface area (Å²) in [6.45, 7) is 7.76. The molecule has 0 aliphatic rings. The smallest absolute Gasteiger partial charge is 0.246 e. The minimum absolute atomic E-state index is 0.0154. The van der Waals surface area contributed by atoms with Gasteiger partial charge >= 0.3 is 0 Å². The van der Waals surface area contributed by atoms with Crippen molar-refractivity contribution in [3.8, 4) is 0 Å². The lowest BCUT2D eigenvalue weighted by molar-refractivity contribution is -0.132. The summed E-state index contributed by atoms with van der Waals surface area (Å²) in [5.41, 5.74) is 0.856. The first kappa shape index (κ1) is 14.6. The number of hydrogen-bond donors (Lipinski definition) is 1. The van der Waals surface area contributed by atoms with E-state index in [1.165, 1.54) is 0 Å². The van der Waals surface area contributed by atoms with Crippen molar-refractivity contribution in [3.05, 3.63) is 11.9 Å². The van der Waals surface area contributed by atoms with Crippen molar-refractivity contribution in [1.82, 2.24) is 25.2 Å². The van der Waals surface area contributed by atoms with Crippen LogP contribution in [-0.4, -0.2) is 46.4 Å². The van der Waals surface area contributed by atoms with E-state index in [9.17, 15) is 4.79 Å². The fourth-order valence-corrected chi connectivity index (χ4v) is 1.56. The molecule has 18 heavy (non-hydrogen) atoms. The van der Waals surface area contributed by atoms with E-state index in [0.29, 0.717) is 12.5 Å². The van der Waals surface area contributed by atoms with Gasteiger partial charge in [0.1, 0.15) is 6.04 Å². The minimum atomic E-state index is -0.314. The zero-order valence-corrected chi connectivity index (χ0v) is 11.8. The third-order valence-corrected chi connectivity index (χ3v) is 2.61. The third-order valence-electron chi connectivity index (χ3n) is 2.61. The molecule has 1 rings (SSSR count). The van der Waals surface area contributed by atoms with Gasteiger partial charge in [0.2, 0.25) is 5.91 Å². The average molecular weight is 253 g/mol. The second kappa shape index (κ2) is 6.49. The van der Waals surface area contributed by atoms with Crippen LogP contribution in [0, 0.1) is 5.92 Å². The molecular formula is C12H23N5O. The quantitative estimate of drug-likeness (QED) is 0.809. The molecule has 1 N–H and O–H groups in total. The molecule has 0 saturated carbocycles. The lowest BCUT2D eigenvalue weighted by Gasteiger charge is -2.16. The molecule has 1 aromatic rings. The van der Waals surface area contributed by atoms with Crippen molar-refractivity contribution in [2.24, 2.45) is 5.92 Å². The van der Waals surface area contributed by atoms with E-state index in [1.807, 2.05) is 13.1 Å². The number of hydrogen-bond acceptors (Lipinski definition) is 4. The summed E-state index contributed by atoms with van der Waals surface area (Å²) in [7, 11) is 3.47. The van der Waals surface area contributed by atoms with Crippen molar-refractivity contribution >= 4 is 5.91 Å². The van der Waals surface area contributed by atoms with Crippen molar-refractivity contribution in [1.29, 1.82) is 0 Å². The number of aromatic nitrogens is 3. The topological polar surface area (TPSA) is 63.1 Å². The highest BCUT2D eigenvalue weighted by molar-refractivity contribution is 5.79. The van der Waals surface area contributed by atoms with E-state index >= 15 is 0 Å². The Labute approximate surface area is 108 Å². The van der Waals surface area contributed by atoms with Crippen LogP contribution in [0.5, 0.6) is 0 Å². The monoisotopic (exact) mass is 253 g/mol. The van der Waals surface area contributed by atoms with Gasteiger partial charge in [-0.25, -0.2) is 4.68 Å². The van der Waals surface area contributed by atoms with Gasteiger partial charge in [-0.3, -0.25) is 4.79 Å². The summed E-state index contributed by atoms with van der Waals surface area (Å²) in [4.78, 5) is 13.3. The molecule has 0 aliphatic heterocycles. The fraction of sp³-hybridized carbons (Fsp3) is 0.750. The molecule has 0 spiro atoms. The SMILES string of the molecule is CC(C)CNCc1cn(C(C)C(=O)N(C)C)nn1. The van der Waals surface area contributed by atoms with Gasteiger partial charge in [0.05, 0.1) is 11.9 Å². The van der Waals surface area contributed by atoms with Gasteiger partial charge in [-0.1, -0.05) is 19.1 Å². The Morgan fingerprint density at radius 3 is 2.67 bits per heavy atom. The molecule has 6 nitrogen and oxygen atoms in total. The molecular weight excluding hydrogens is 230 g/mol. The zero-order valence-electron chi connectivity index (χ0n) is 11.8. The van der Waals surface area contributed by atoms with Crippen LogP contribution in [0.3, 0.4) is 0 Å².